The molecule has 0 aliphatic carbocycles. The quantitative estimate of drug-likeness (QED) is 0.557. The lowest BCUT2D eigenvalue weighted by molar-refractivity contribution is 0.405. The van der Waals surface area contributed by atoms with E-state index >= 15 is 0 Å². The average molecular weight is 378 g/mol. The molecule has 4 heteroatoms. The van der Waals surface area contributed by atoms with Gasteiger partial charge in [-0.15, -0.1) is 0 Å². The Hall–Kier alpha value is -1.41. The van der Waals surface area contributed by atoms with Crippen LogP contribution in [0, 0.1) is 13.8 Å². The molecule has 2 aromatic rings. The summed E-state index contributed by atoms with van der Waals surface area (Å²) >= 11 is 0. The first-order chi connectivity index (χ1) is 11.7. The first-order valence-corrected chi connectivity index (χ1v) is 10.1. The van der Waals surface area contributed by atoms with Gasteiger partial charge in [-0.1, -0.05) is 101 Å². The molecule has 0 aliphatic heterocycles. The van der Waals surface area contributed by atoms with Gasteiger partial charge in [0.25, 0.3) is 0 Å². The lowest BCUT2D eigenvalue weighted by atomic mass is 9.86. The molecule has 0 saturated heterocycles. The van der Waals surface area contributed by atoms with Gasteiger partial charge in [0.05, 0.1) is 0 Å². The van der Waals surface area contributed by atoms with E-state index in [1.807, 2.05) is 0 Å². The number of rotatable bonds is 0. The Kier molecular flexibility index (Phi) is 10.1. The van der Waals surface area contributed by atoms with Crippen molar-refractivity contribution in [3.8, 4) is 0 Å². The average Bonchev–Trinajstić information content (AvgIpc) is 2.45. The molecule has 26 heavy (non-hydrogen) atoms. The van der Waals surface area contributed by atoms with E-state index < -0.39 is 8.25 Å². The topological polar surface area (TPSA) is 57.5 Å². The number of aryl methyl sites for hydroxylation is 2. The third-order valence-corrected chi connectivity index (χ3v) is 3.77. The van der Waals surface area contributed by atoms with Gasteiger partial charge in [-0.05, 0) is 35.8 Å². The number of benzene rings is 2. The third kappa shape index (κ3) is 11.3. The molecular weight excluding hydrogens is 343 g/mol. The zero-order chi connectivity index (χ0) is 20.5. The molecule has 0 aromatic heterocycles. The van der Waals surface area contributed by atoms with Crippen molar-refractivity contribution >= 4 is 8.25 Å². The summed E-state index contributed by atoms with van der Waals surface area (Å²) in [6, 6.07) is 17.4. The van der Waals surface area contributed by atoms with Crippen molar-refractivity contribution in [1.82, 2.24) is 0 Å². The van der Waals surface area contributed by atoms with Gasteiger partial charge in [-0.3, -0.25) is 4.57 Å². The standard InChI is InChI=1S/2C11H16.H3O3P/c2*1-9-6-5-7-10(8-9)11(2,3)4;1-4(2)3/h2*5-8H,1-4H3;4H,(H2,1,2,3). The van der Waals surface area contributed by atoms with Crippen LogP contribution in [-0.2, 0) is 15.4 Å². The van der Waals surface area contributed by atoms with Gasteiger partial charge in [0.2, 0.25) is 0 Å². The summed E-state index contributed by atoms with van der Waals surface area (Å²) in [6.45, 7) is 17.7. The summed E-state index contributed by atoms with van der Waals surface area (Å²) in [5, 5.41) is 0. The summed E-state index contributed by atoms with van der Waals surface area (Å²) < 4.78 is 8.74. The van der Waals surface area contributed by atoms with Crippen LogP contribution in [0.3, 0.4) is 0 Å². The largest absolute Gasteiger partial charge is 0.326 e. The van der Waals surface area contributed by atoms with Crippen LogP contribution in [0.2, 0.25) is 0 Å². The second-order valence-corrected chi connectivity index (χ2v) is 9.09. The summed E-state index contributed by atoms with van der Waals surface area (Å²) in [7, 11) is -3.13. The Morgan fingerprint density at radius 2 is 0.962 bits per heavy atom. The molecule has 3 nitrogen and oxygen atoms in total. The van der Waals surface area contributed by atoms with Crippen LogP contribution in [0.15, 0.2) is 48.5 Å². The molecule has 2 N–H and O–H groups in total. The molecule has 0 spiro atoms. The predicted molar refractivity (Wildman–Crippen MR) is 113 cm³/mol. The molecule has 2 rings (SSSR count). The summed E-state index contributed by atoms with van der Waals surface area (Å²) in [5.74, 6) is 0. The van der Waals surface area contributed by atoms with Crippen LogP contribution in [0.25, 0.3) is 0 Å². The van der Waals surface area contributed by atoms with Gasteiger partial charge in [-0.2, -0.15) is 0 Å². The van der Waals surface area contributed by atoms with Crippen molar-refractivity contribution in [3.63, 3.8) is 0 Å². The highest BCUT2D eigenvalue weighted by Gasteiger charge is 2.13. The van der Waals surface area contributed by atoms with E-state index in [0.29, 0.717) is 0 Å². The zero-order valence-electron chi connectivity index (χ0n) is 17.4. The normalized spacial score (nSPS) is 11.2. The Morgan fingerprint density at radius 1 is 0.692 bits per heavy atom. The second kappa shape index (κ2) is 10.7. The van der Waals surface area contributed by atoms with Crippen molar-refractivity contribution in [2.75, 3.05) is 0 Å². The first kappa shape index (κ1) is 24.6. The molecule has 2 aromatic carbocycles. The van der Waals surface area contributed by atoms with Crippen LogP contribution in [0.1, 0.15) is 63.8 Å². The Bertz CT molecular complexity index is 636. The fraction of sp³-hybridized carbons (Fsp3) is 0.455. The van der Waals surface area contributed by atoms with Crippen molar-refractivity contribution in [2.45, 2.75) is 66.2 Å². The maximum atomic E-state index is 8.74. The van der Waals surface area contributed by atoms with Crippen LogP contribution in [-0.4, -0.2) is 9.79 Å². The fourth-order valence-corrected chi connectivity index (χ4v) is 2.22. The minimum absolute atomic E-state index is 0.284. The molecular formula is C22H35O3P. The monoisotopic (exact) mass is 378 g/mol. The van der Waals surface area contributed by atoms with E-state index in [9.17, 15) is 0 Å². The molecule has 0 fully saturated rings. The molecule has 0 aliphatic rings. The van der Waals surface area contributed by atoms with E-state index in [1.165, 1.54) is 22.3 Å². The van der Waals surface area contributed by atoms with E-state index in [0.717, 1.165) is 0 Å². The number of hydrogen-bond acceptors (Lipinski definition) is 1. The van der Waals surface area contributed by atoms with E-state index in [4.69, 9.17) is 14.4 Å². The van der Waals surface area contributed by atoms with E-state index in [2.05, 4.69) is 104 Å². The lowest BCUT2D eigenvalue weighted by Gasteiger charge is -2.19. The molecule has 0 saturated carbocycles. The minimum atomic E-state index is -3.13. The van der Waals surface area contributed by atoms with Gasteiger partial charge >= 0.3 is 8.25 Å². The predicted octanol–water partition coefficient (Wildman–Crippen LogP) is 5.95. The maximum absolute atomic E-state index is 8.74. The molecule has 0 bridgehead atoms. The van der Waals surface area contributed by atoms with Crippen molar-refractivity contribution in [3.05, 3.63) is 70.8 Å². The van der Waals surface area contributed by atoms with Crippen LogP contribution >= 0.6 is 8.25 Å². The SMILES string of the molecule is Cc1cccc(C(C)(C)C)c1.Cc1cccc(C(C)(C)C)c1.O=[PH](O)O. The summed E-state index contributed by atoms with van der Waals surface area (Å²) in [4.78, 5) is 14.3. The van der Waals surface area contributed by atoms with Crippen molar-refractivity contribution in [2.24, 2.45) is 0 Å². The van der Waals surface area contributed by atoms with Crippen molar-refractivity contribution in [1.29, 1.82) is 0 Å². The number of hydrogen-bond donors (Lipinski definition) is 2. The molecule has 0 radical (unpaired) electrons. The van der Waals surface area contributed by atoms with Gasteiger partial charge in [0.1, 0.15) is 0 Å². The van der Waals surface area contributed by atoms with Crippen LogP contribution < -0.4 is 0 Å². The molecule has 0 atom stereocenters. The Morgan fingerprint density at radius 3 is 1.12 bits per heavy atom. The highest BCUT2D eigenvalue weighted by atomic mass is 31.1. The highest BCUT2D eigenvalue weighted by Crippen LogP contribution is 2.23. The minimum Gasteiger partial charge on any atom is -0.326 e. The Balaban J connectivity index is 0.000000401. The van der Waals surface area contributed by atoms with E-state index in [1.54, 1.807) is 0 Å². The zero-order valence-corrected chi connectivity index (χ0v) is 18.4. The summed E-state index contributed by atoms with van der Waals surface area (Å²) in [5.41, 5.74) is 6.09. The smallest absolute Gasteiger partial charge is 0.314 e. The second-order valence-electron chi connectivity index (χ2n) is 8.52. The lowest BCUT2D eigenvalue weighted by Crippen LogP contribution is -2.10. The van der Waals surface area contributed by atoms with Crippen LogP contribution in [0.5, 0.6) is 0 Å². The Labute approximate surface area is 160 Å². The fourth-order valence-electron chi connectivity index (χ4n) is 2.22. The molecule has 0 amide bonds. The van der Waals surface area contributed by atoms with Gasteiger partial charge in [0, 0.05) is 0 Å². The van der Waals surface area contributed by atoms with Gasteiger partial charge in [-0.25, -0.2) is 0 Å². The maximum Gasteiger partial charge on any atom is 0.314 e. The van der Waals surface area contributed by atoms with E-state index in [-0.39, 0.29) is 10.8 Å². The van der Waals surface area contributed by atoms with Crippen LogP contribution in [0.4, 0.5) is 0 Å². The van der Waals surface area contributed by atoms with Crippen molar-refractivity contribution < 1.29 is 14.4 Å². The highest BCUT2D eigenvalue weighted by molar-refractivity contribution is 7.30. The van der Waals surface area contributed by atoms with Gasteiger partial charge < -0.3 is 9.79 Å². The van der Waals surface area contributed by atoms with Gasteiger partial charge in [0.15, 0.2) is 0 Å². The third-order valence-electron chi connectivity index (χ3n) is 3.77. The molecule has 0 heterocycles. The first-order valence-electron chi connectivity index (χ1n) is 8.79. The molecule has 146 valence electrons. The molecule has 0 unspecified atom stereocenters. The summed E-state index contributed by atoms with van der Waals surface area (Å²) in [6.07, 6.45) is 0.